The molecule has 0 spiro atoms. The summed E-state index contributed by atoms with van der Waals surface area (Å²) < 4.78 is 26.2. The minimum atomic E-state index is -1.10. The average Bonchev–Trinajstić information content (AvgIpc) is 2.29. The van der Waals surface area contributed by atoms with Gasteiger partial charge in [-0.05, 0) is 31.0 Å². The first kappa shape index (κ1) is 14.6. The summed E-state index contributed by atoms with van der Waals surface area (Å²) in [6, 6.07) is 2.66. The molecule has 5 heteroatoms. The summed E-state index contributed by atoms with van der Waals surface area (Å²) in [5.74, 6) is -2.29. The highest BCUT2D eigenvalue weighted by Gasteiger charge is 2.26. The van der Waals surface area contributed by atoms with E-state index in [9.17, 15) is 18.7 Å². The maximum Gasteiger partial charge on any atom is 0.254 e. The molecule has 1 atom stereocenters. The van der Waals surface area contributed by atoms with Crippen LogP contribution in [0.2, 0.25) is 0 Å². The van der Waals surface area contributed by atoms with Gasteiger partial charge in [-0.1, -0.05) is 13.8 Å². The average molecular weight is 257 g/mol. The number of rotatable bonds is 4. The molecule has 100 valence electrons. The van der Waals surface area contributed by atoms with Gasteiger partial charge in [0.1, 0.15) is 11.6 Å². The van der Waals surface area contributed by atoms with Gasteiger partial charge in [0.2, 0.25) is 0 Å². The van der Waals surface area contributed by atoms with Crippen molar-refractivity contribution in [2.75, 3.05) is 6.54 Å². The van der Waals surface area contributed by atoms with E-state index in [2.05, 4.69) is 5.32 Å². The molecule has 1 amide bonds. The lowest BCUT2D eigenvalue weighted by Crippen LogP contribution is -2.44. The van der Waals surface area contributed by atoms with E-state index in [1.807, 2.05) is 0 Å². The van der Waals surface area contributed by atoms with Crippen LogP contribution >= 0.6 is 0 Å². The van der Waals surface area contributed by atoms with Crippen LogP contribution in [0.15, 0.2) is 18.2 Å². The van der Waals surface area contributed by atoms with Crippen molar-refractivity contribution < 1.29 is 18.7 Å². The molecule has 0 radical (unpaired) electrons. The molecule has 3 nitrogen and oxygen atoms in total. The lowest BCUT2D eigenvalue weighted by atomic mass is 9.92. The predicted molar refractivity (Wildman–Crippen MR) is 64.2 cm³/mol. The van der Waals surface area contributed by atoms with Crippen LogP contribution in [0.3, 0.4) is 0 Å². The van der Waals surface area contributed by atoms with Crippen LogP contribution in [0, 0.1) is 17.6 Å². The summed E-state index contributed by atoms with van der Waals surface area (Å²) >= 11 is 0. The number of aliphatic hydroxyl groups is 1. The Morgan fingerprint density at radius 1 is 1.44 bits per heavy atom. The molecule has 1 unspecified atom stereocenters. The molecular weight excluding hydrogens is 240 g/mol. The minimum absolute atomic E-state index is 0.0283. The third-order valence-corrected chi connectivity index (χ3v) is 3.02. The summed E-state index contributed by atoms with van der Waals surface area (Å²) in [4.78, 5) is 11.7. The molecule has 1 rings (SSSR count). The normalized spacial score (nSPS) is 14.4. The number of carbonyl (C=O) groups excluding carboxylic acids is 1. The first-order valence-corrected chi connectivity index (χ1v) is 5.69. The smallest absolute Gasteiger partial charge is 0.254 e. The van der Waals surface area contributed by atoms with Crippen LogP contribution in [-0.4, -0.2) is 23.2 Å². The van der Waals surface area contributed by atoms with Crippen molar-refractivity contribution in [3.63, 3.8) is 0 Å². The monoisotopic (exact) mass is 257 g/mol. The van der Waals surface area contributed by atoms with Crippen LogP contribution in [0.4, 0.5) is 8.78 Å². The molecule has 0 aliphatic rings. The van der Waals surface area contributed by atoms with Gasteiger partial charge in [-0.3, -0.25) is 4.79 Å². The summed E-state index contributed by atoms with van der Waals surface area (Å²) in [5.41, 5.74) is -1.46. The minimum Gasteiger partial charge on any atom is -0.388 e. The lowest BCUT2D eigenvalue weighted by Gasteiger charge is -2.27. The van der Waals surface area contributed by atoms with E-state index in [1.165, 1.54) is 0 Å². The van der Waals surface area contributed by atoms with Crippen molar-refractivity contribution in [3.8, 4) is 0 Å². The molecule has 0 saturated carbocycles. The van der Waals surface area contributed by atoms with E-state index in [-0.39, 0.29) is 18.0 Å². The fourth-order valence-electron chi connectivity index (χ4n) is 1.23. The van der Waals surface area contributed by atoms with Crippen LogP contribution in [0.25, 0.3) is 0 Å². The number of benzene rings is 1. The van der Waals surface area contributed by atoms with Gasteiger partial charge in [-0.25, -0.2) is 8.78 Å². The van der Waals surface area contributed by atoms with E-state index in [0.717, 1.165) is 18.2 Å². The maximum absolute atomic E-state index is 13.3. The SMILES string of the molecule is CC(C)C(C)(O)CNC(=O)c1cc(F)ccc1F. The fraction of sp³-hybridized carbons (Fsp3) is 0.462. The largest absolute Gasteiger partial charge is 0.388 e. The van der Waals surface area contributed by atoms with E-state index in [1.54, 1.807) is 20.8 Å². The first-order chi connectivity index (χ1) is 8.24. The van der Waals surface area contributed by atoms with Crippen molar-refractivity contribution in [2.24, 2.45) is 5.92 Å². The van der Waals surface area contributed by atoms with Crippen LogP contribution in [0.5, 0.6) is 0 Å². The maximum atomic E-state index is 13.3. The standard InChI is InChI=1S/C13H17F2NO2/c1-8(2)13(3,18)7-16-12(17)10-6-9(14)4-5-11(10)15/h4-6,8,18H,7H2,1-3H3,(H,16,17). The molecule has 0 heterocycles. The second-order valence-corrected chi connectivity index (χ2v) is 4.82. The Balaban J connectivity index is 2.75. The quantitative estimate of drug-likeness (QED) is 0.867. The van der Waals surface area contributed by atoms with E-state index in [0.29, 0.717) is 0 Å². The Morgan fingerprint density at radius 2 is 2.06 bits per heavy atom. The highest BCUT2D eigenvalue weighted by molar-refractivity contribution is 5.94. The summed E-state index contributed by atoms with van der Waals surface area (Å²) in [6.45, 7) is 5.14. The molecule has 0 aliphatic carbocycles. The molecule has 0 aromatic heterocycles. The number of halogens is 2. The first-order valence-electron chi connectivity index (χ1n) is 5.69. The number of nitrogens with one attached hydrogen (secondary N) is 1. The third kappa shape index (κ3) is 3.50. The molecule has 2 N–H and O–H groups in total. The summed E-state index contributed by atoms with van der Waals surface area (Å²) in [7, 11) is 0. The Labute approximate surface area is 105 Å². The number of hydrogen-bond donors (Lipinski definition) is 2. The zero-order chi connectivity index (χ0) is 13.9. The van der Waals surface area contributed by atoms with Crippen LogP contribution < -0.4 is 5.32 Å². The molecule has 0 fully saturated rings. The van der Waals surface area contributed by atoms with Gasteiger partial charge in [0, 0.05) is 6.54 Å². The zero-order valence-electron chi connectivity index (χ0n) is 10.6. The van der Waals surface area contributed by atoms with Crippen molar-refractivity contribution >= 4 is 5.91 Å². The van der Waals surface area contributed by atoms with Gasteiger partial charge >= 0.3 is 0 Å². The van der Waals surface area contributed by atoms with E-state index < -0.39 is 23.1 Å². The summed E-state index contributed by atoms with van der Waals surface area (Å²) in [6.07, 6.45) is 0. The molecular formula is C13H17F2NO2. The molecule has 1 aromatic carbocycles. The molecule has 18 heavy (non-hydrogen) atoms. The Bertz CT molecular complexity index is 445. The highest BCUT2D eigenvalue weighted by atomic mass is 19.1. The summed E-state index contributed by atoms with van der Waals surface area (Å²) in [5, 5.41) is 12.3. The zero-order valence-corrected chi connectivity index (χ0v) is 10.6. The topological polar surface area (TPSA) is 49.3 Å². The number of amides is 1. The van der Waals surface area contributed by atoms with Gasteiger partial charge < -0.3 is 10.4 Å². The molecule has 0 aliphatic heterocycles. The van der Waals surface area contributed by atoms with Gasteiger partial charge in [0.25, 0.3) is 5.91 Å². The van der Waals surface area contributed by atoms with Crippen molar-refractivity contribution in [1.82, 2.24) is 5.32 Å². The predicted octanol–water partition coefficient (Wildman–Crippen LogP) is 2.10. The van der Waals surface area contributed by atoms with Crippen molar-refractivity contribution in [2.45, 2.75) is 26.4 Å². The van der Waals surface area contributed by atoms with Crippen LogP contribution in [0.1, 0.15) is 31.1 Å². The molecule has 0 saturated heterocycles. The van der Waals surface area contributed by atoms with E-state index in [4.69, 9.17) is 0 Å². The van der Waals surface area contributed by atoms with Gasteiger partial charge in [0.15, 0.2) is 0 Å². The Kier molecular flexibility index (Phi) is 4.40. The van der Waals surface area contributed by atoms with E-state index >= 15 is 0 Å². The molecule has 1 aromatic rings. The Hall–Kier alpha value is -1.49. The Morgan fingerprint density at radius 3 is 2.61 bits per heavy atom. The fourth-order valence-corrected chi connectivity index (χ4v) is 1.23. The van der Waals surface area contributed by atoms with Gasteiger partial charge in [-0.2, -0.15) is 0 Å². The van der Waals surface area contributed by atoms with Crippen molar-refractivity contribution in [3.05, 3.63) is 35.4 Å². The number of hydrogen-bond acceptors (Lipinski definition) is 2. The van der Waals surface area contributed by atoms with Gasteiger partial charge in [-0.15, -0.1) is 0 Å². The number of carbonyl (C=O) groups is 1. The lowest BCUT2D eigenvalue weighted by molar-refractivity contribution is 0.0142. The second-order valence-electron chi connectivity index (χ2n) is 4.82. The van der Waals surface area contributed by atoms with Crippen LogP contribution in [-0.2, 0) is 0 Å². The van der Waals surface area contributed by atoms with Crippen molar-refractivity contribution in [1.29, 1.82) is 0 Å². The van der Waals surface area contributed by atoms with Gasteiger partial charge in [0.05, 0.1) is 11.2 Å². The third-order valence-electron chi connectivity index (χ3n) is 3.02. The second kappa shape index (κ2) is 5.44. The molecule has 0 bridgehead atoms. The highest BCUT2D eigenvalue weighted by Crippen LogP contribution is 2.15.